The molecule has 0 bridgehead atoms. The topological polar surface area (TPSA) is 71.1 Å². The summed E-state index contributed by atoms with van der Waals surface area (Å²) in [4.78, 5) is 31.5. The quantitative estimate of drug-likeness (QED) is 0.397. The maximum Gasteiger partial charge on any atom is 0.247 e. The minimum absolute atomic E-state index is 0.0677. The number of rotatable bonds is 12. The van der Waals surface area contributed by atoms with Crippen LogP contribution >= 0.6 is 0 Å². The Morgan fingerprint density at radius 3 is 2.24 bits per heavy atom. The molecule has 1 aliphatic heterocycles. The predicted octanol–water partition coefficient (Wildman–Crippen LogP) is 3.85. The van der Waals surface area contributed by atoms with Gasteiger partial charge in [-0.25, -0.2) is 0 Å². The number of nitrogens with zero attached hydrogens (tertiary/aromatic N) is 2. The van der Waals surface area contributed by atoms with Gasteiger partial charge in [0.05, 0.1) is 20.3 Å². The Kier molecular flexibility index (Phi) is 10.3. The number of hydrogen-bond acceptors (Lipinski definition) is 5. The first-order valence-electron chi connectivity index (χ1n) is 13.2. The highest BCUT2D eigenvalue weighted by Gasteiger charge is 2.31. The number of aryl methyl sites for hydroxylation is 1. The van der Waals surface area contributed by atoms with Crippen molar-refractivity contribution in [2.45, 2.75) is 25.4 Å². The maximum absolute atomic E-state index is 13.8. The van der Waals surface area contributed by atoms with Crippen molar-refractivity contribution in [2.75, 3.05) is 46.5 Å². The van der Waals surface area contributed by atoms with Crippen molar-refractivity contribution < 1.29 is 19.1 Å². The van der Waals surface area contributed by atoms with Crippen LogP contribution in [0.2, 0.25) is 0 Å². The molecule has 1 saturated heterocycles. The third kappa shape index (κ3) is 7.91. The molecule has 7 heteroatoms. The van der Waals surface area contributed by atoms with Gasteiger partial charge in [-0.05, 0) is 35.2 Å². The average Bonchev–Trinajstić information content (AvgIpc) is 2.97. The molecule has 4 rings (SSSR count). The predicted molar refractivity (Wildman–Crippen MR) is 148 cm³/mol. The first kappa shape index (κ1) is 27.4. The molecule has 2 amide bonds. The Hall–Kier alpha value is -3.68. The highest BCUT2D eigenvalue weighted by atomic mass is 16.5. The Morgan fingerprint density at radius 2 is 1.58 bits per heavy atom. The van der Waals surface area contributed by atoms with Gasteiger partial charge in [-0.2, -0.15) is 0 Å². The summed E-state index contributed by atoms with van der Waals surface area (Å²) >= 11 is 0. The summed E-state index contributed by atoms with van der Waals surface area (Å²) in [6.45, 7) is 4.72. The van der Waals surface area contributed by atoms with Crippen molar-refractivity contribution in [1.29, 1.82) is 0 Å². The number of nitrogens with one attached hydrogen (secondary N) is 1. The summed E-state index contributed by atoms with van der Waals surface area (Å²) in [7, 11) is 1.63. The zero-order valence-electron chi connectivity index (χ0n) is 22.1. The van der Waals surface area contributed by atoms with Gasteiger partial charge in [0.2, 0.25) is 11.8 Å². The van der Waals surface area contributed by atoms with E-state index < -0.39 is 6.04 Å². The Morgan fingerprint density at radius 1 is 0.921 bits per heavy atom. The minimum atomic E-state index is -0.744. The Labute approximate surface area is 225 Å². The van der Waals surface area contributed by atoms with Crippen LogP contribution in [0.3, 0.4) is 0 Å². The van der Waals surface area contributed by atoms with Gasteiger partial charge in [-0.15, -0.1) is 0 Å². The van der Waals surface area contributed by atoms with E-state index in [-0.39, 0.29) is 11.8 Å². The molecule has 200 valence electrons. The summed E-state index contributed by atoms with van der Waals surface area (Å²) in [6.07, 6.45) is 0.920. The fourth-order valence-electron chi connectivity index (χ4n) is 4.66. The molecule has 0 spiro atoms. The second kappa shape index (κ2) is 14.3. The summed E-state index contributed by atoms with van der Waals surface area (Å²) in [6, 6.07) is 26.4. The lowest BCUT2D eigenvalue weighted by Crippen LogP contribution is -2.46. The van der Waals surface area contributed by atoms with Crippen molar-refractivity contribution in [3.63, 3.8) is 0 Å². The SMILES string of the molecule is COc1ccc(CN(C(=O)CCc2ccccc2)[C@@H](C(=O)NCCN2CCOCC2)c2ccccc2)cc1. The van der Waals surface area contributed by atoms with Crippen LogP contribution in [-0.4, -0.2) is 68.1 Å². The van der Waals surface area contributed by atoms with Crippen LogP contribution in [-0.2, 0) is 27.3 Å². The molecule has 0 unspecified atom stereocenters. The van der Waals surface area contributed by atoms with Crippen molar-refractivity contribution in [1.82, 2.24) is 15.1 Å². The van der Waals surface area contributed by atoms with E-state index in [2.05, 4.69) is 10.2 Å². The lowest BCUT2D eigenvalue weighted by Gasteiger charge is -2.32. The Bertz CT molecular complexity index is 1130. The minimum Gasteiger partial charge on any atom is -0.497 e. The first-order valence-corrected chi connectivity index (χ1v) is 13.2. The Balaban J connectivity index is 1.55. The molecular formula is C31H37N3O4. The molecule has 0 saturated carbocycles. The summed E-state index contributed by atoms with van der Waals surface area (Å²) < 4.78 is 10.7. The van der Waals surface area contributed by atoms with E-state index in [1.165, 1.54) is 0 Å². The summed E-state index contributed by atoms with van der Waals surface area (Å²) in [5.74, 6) is 0.504. The monoisotopic (exact) mass is 515 g/mol. The normalized spacial score (nSPS) is 14.4. The highest BCUT2D eigenvalue weighted by molar-refractivity contribution is 5.88. The van der Waals surface area contributed by atoms with Crippen LogP contribution < -0.4 is 10.1 Å². The molecule has 1 heterocycles. The number of amides is 2. The number of methoxy groups -OCH3 is 1. The van der Waals surface area contributed by atoms with Crippen LogP contribution in [0.25, 0.3) is 0 Å². The second-order valence-electron chi connectivity index (χ2n) is 9.41. The van der Waals surface area contributed by atoms with E-state index >= 15 is 0 Å². The molecule has 0 aromatic heterocycles. The van der Waals surface area contributed by atoms with Crippen molar-refractivity contribution in [3.05, 3.63) is 102 Å². The van der Waals surface area contributed by atoms with Crippen LogP contribution in [0.1, 0.15) is 29.2 Å². The molecule has 1 aliphatic rings. The number of hydrogen-bond donors (Lipinski definition) is 1. The van der Waals surface area contributed by atoms with Gasteiger partial charge in [-0.3, -0.25) is 14.5 Å². The van der Waals surface area contributed by atoms with Gasteiger partial charge < -0.3 is 19.7 Å². The largest absolute Gasteiger partial charge is 0.497 e. The molecule has 0 aliphatic carbocycles. The fourth-order valence-corrected chi connectivity index (χ4v) is 4.66. The fraction of sp³-hybridized carbons (Fsp3) is 0.355. The van der Waals surface area contributed by atoms with Gasteiger partial charge >= 0.3 is 0 Å². The summed E-state index contributed by atoms with van der Waals surface area (Å²) in [5.41, 5.74) is 2.82. The third-order valence-electron chi connectivity index (χ3n) is 6.81. The number of carbonyl (C=O) groups is 2. The van der Waals surface area contributed by atoms with Gasteiger partial charge in [0.1, 0.15) is 11.8 Å². The number of carbonyl (C=O) groups excluding carboxylic acids is 2. The van der Waals surface area contributed by atoms with Crippen LogP contribution in [0.15, 0.2) is 84.9 Å². The van der Waals surface area contributed by atoms with Gasteiger partial charge in [-0.1, -0.05) is 72.8 Å². The van der Waals surface area contributed by atoms with E-state index in [0.29, 0.717) is 39.1 Å². The molecule has 38 heavy (non-hydrogen) atoms. The van der Waals surface area contributed by atoms with Crippen LogP contribution in [0.5, 0.6) is 5.75 Å². The van der Waals surface area contributed by atoms with Gasteiger partial charge in [0.25, 0.3) is 0 Å². The molecule has 3 aromatic rings. The van der Waals surface area contributed by atoms with Crippen LogP contribution in [0.4, 0.5) is 0 Å². The lowest BCUT2D eigenvalue weighted by atomic mass is 10.0. The highest BCUT2D eigenvalue weighted by Crippen LogP contribution is 2.26. The van der Waals surface area contributed by atoms with Gasteiger partial charge in [0, 0.05) is 39.1 Å². The molecule has 1 atom stereocenters. The van der Waals surface area contributed by atoms with E-state index in [4.69, 9.17) is 9.47 Å². The molecule has 3 aromatic carbocycles. The van der Waals surface area contributed by atoms with Crippen LogP contribution in [0, 0.1) is 0 Å². The number of ether oxygens (including phenoxy) is 2. The lowest BCUT2D eigenvalue weighted by molar-refractivity contribution is -0.141. The maximum atomic E-state index is 13.8. The van der Waals surface area contributed by atoms with Gasteiger partial charge in [0.15, 0.2) is 0 Å². The second-order valence-corrected chi connectivity index (χ2v) is 9.41. The average molecular weight is 516 g/mol. The summed E-state index contributed by atoms with van der Waals surface area (Å²) in [5, 5.41) is 3.11. The van der Waals surface area contributed by atoms with E-state index in [1.54, 1.807) is 12.0 Å². The number of morpholine rings is 1. The zero-order chi connectivity index (χ0) is 26.6. The standard InChI is InChI=1S/C31H37N3O4/c1-37-28-15-12-26(13-16-28)24-34(29(35)17-14-25-8-4-2-5-9-25)30(27-10-6-3-7-11-27)31(36)32-18-19-33-20-22-38-23-21-33/h2-13,15-16,30H,14,17-24H2,1H3,(H,32,36)/t30-/m1/s1. The molecule has 7 nitrogen and oxygen atoms in total. The number of benzene rings is 3. The van der Waals surface area contributed by atoms with Crippen molar-refractivity contribution in [2.24, 2.45) is 0 Å². The molecular weight excluding hydrogens is 478 g/mol. The molecule has 1 fully saturated rings. The first-order chi connectivity index (χ1) is 18.6. The smallest absolute Gasteiger partial charge is 0.247 e. The van der Waals surface area contributed by atoms with E-state index in [1.807, 2.05) is 84.9 Å². The van der Waals surface area contributed by atoms with E-state index in [9.17, 15) is 9.59 Å². The molecule has 1 N–H and O–H groups in total. The van der Waals surface area contributed by atoms with Crippen molar-refractivity contribution in [3.8, 4) is 5.75 Å². The molecule has 0 radical (unpaired) electrons. The van der Waals surface area contributed by atoms with E-state index in [0.717, 1.165) is 42.1 Å². The third-order valence-corrected chi connectivity index (χ3v) is 6.81. The van der Waals surface area contributed by atoms with Crippen molar-refractivity contribution >= 4 is 11.8 Å². The zero-order valence-corrected chi connectivity index (χ0v) is 22.1.